The Hall–Kier alpha value is -1.67. The van der Waals surface area contributed by atoms with Gasteiger partial charge in [-0.3, -0.25) is 4.98 Å². The summed E-state index contributed by atoms with van der Waals surface area (Å²) in [6, 6.07) is 3.90. The van der Waals surface area contributed by atoms with Crippen molar-refractivity contribution in [3.05, 3.63) is 29.6 Å². The van der Waals surface area contributed by atoms with Crippen molar-refractivity contribution < 1.29 is 8.42 Å². The van der Waals surface area contributed by atoms with Crippen LogP contribution in [0.15, 0.2) is 23.2 Å². The van der Waals surface area contributed by atoms with Gasteiger partial charge in [-0.15, -0.1) is 0 Å². The van der Waals surface area contributed by atoms with Crippen LogP contribution in [-0.4, -0.2) is 23.5 Å². The minimum Gasteiger partial charge on any atom is -0.382 e. The van der Waals surface area contributed by atoms with Crippen molar-refractivity contribution in [2.45, 2.75) is 31.7 Å². The summed E-state index contributed by atoms with van der Waals surface area (Å²) in [5, 5.41) is 3.57. The molecule has 2 aromatic heterocycles. The molecular weight excluding hydrogens is 308 g/mol. The number of nitrogens with one attached hydrogen (secondary N) is 1. The van der Waals surface area contributed by atoms with Crippen LogP contribution in [0.5, 0.6) is 0 Å². The van der Waals surface area contributed by atoms with Crippen molar-refractivity contribution in [2.24, 2.45) is 0 Å². The van der Waals surface area contributed by atoms with E-state index in [-0.39, 0.29) is 16.5 Å². The third-order valence-corrected chi connectivity index (χ3v) is 5.89. The van der Waals surface area contributed by atoms with E-state index in [2.05, 4.69) is 21.6 Å². The molecule has 0 aliphatic heterocycles. The second-order valence-electron chi connectivity index (χ2n) is 4.45. The van der Waals surface area contributed by atoms with Crippen molar-refractivity contribution in [3.8, 4) is 0 Å². The molecule has 114 valence electrons. The first-order valence-electron chi connectivity index (χ1n) is 6.64. The maximum Gasteiger partial charge on any atom is 0.184 e. The Bertz CT molecular complexity index is 726. The van der Waals surface area contributed by atoms with Gasteiger partial charge in [0.1, 0.15) is 9.90 Å². The lowest BCUT2D eigenvalue weighted by molar-refractivity contribution is 0.598. The standard InChI is InChI=1S/C13H18N4O2S2/c1-3-9-6-5-7-15-10(9)8-16-13-11(12(14)17-20-13)21(18,19)4-2/h5-7,16H,3-4,8H2,1-2H3,(H2,14,17). The number of sulfone groups is 1. The molecule has 2 heterocycles. The van der Waals surface area contributed by atoms with Gasteiger partial charge >= 0.3 is 0 Å². The predicted molar refractivity (Wildman–Crippen MR) is 85.2 cm³/mol. The fourth-order valence-corrected chi connectivity index (χ4v) is 4.13. The summed E-state index contributed by atoms with van der Waals surface area (Å²) in [7, 11) is -3.40. The zero-order valence-corrected chi connectivity index (χ0v) is 13.6. The molecule has 3 N–H and O–H groups in total. The Kier molecular flexibility index (Phi) is 4.79. The number of anilines is 2. The molecule has 8 heteroatoms. The van der Waals surface area contributed by atoms with E-state index in [1.54, 1.807) is 13.1 Å². The highest BCUT2D eigenvalue weighted by Crippen LogP contribution is 2.32. The first-order valence-corrected chi connectivity index (χ1v) is 9.06. The Balaban J connectivity index is 2.26. The van der Waals surface area contributed by atoms with Gasteiger partial charge in [0.25, 0.3) is 0 Å². The minimum absolute atomic E-state index is 0.00586. The lowest BCUT2D eigenvalue weighted by Gasteiger charge is -2.09. The molecule has 2 rings (SSSR count). The Morgan fingerprint density at radius 2 is 2.14 bits per heavy atom. The second-order valence-corrected chi connectivity index (χ2v) is 7.43. The van der Waals surface area contributed by atoms with Crippen molar-refractivity contribution in [3.63, 3.8) is 0 Å². The Morgan fingerprint density at radius 1 is 1.38 bits per heavy atom. The molecule has 0 radical (unpaired) electrons. The van der Waals surface area contributed by atoms with Crippen LogP contribution < -0.4 is 11.1 Å². The average Bonchev–Trinajstić information content (AvgIpc) is 2.87. The molecule has 0 amide bonds. The lowest BCUT2D eigenvalue weighted by Crippen LogP contribution is -2.10. The van der Waals surface area contributed by atoms with E-state index in [1.165, 1.54) is 0 Å². The van der Waals surface area contributed by atoms with E-state index < -0.39 is 9.84 Å². The highest BCUT2D eigenvalue weighted by molar-refractivity contribution is 7.91. The third-order valence-electron chi connectivity index (χ3n) is 3.15. The molecule has 0 fully saturated rings. The number of aryl methyl sites for hydroxylation is 1. The number of hydrogen-bond donors (Lipinski definition) is 2. The fourth-order valence-electron chi connectivity index (χ4n) is 1.97. The molecule has 6 nitrogen and oxygen atoms in total. The fraction of sp³-hybridized carbons (Fsp3) is 0.385. The van der Waals surface area contributed by atoms with Crippen molar-refractivity contribution >= 4 is 32.2 Å². The van der Waals surface area contributed by atoms with E-state index in [0.717, 1.165) is 29.2 Å². The summed E-state index contributed by atoms with van der Waals surface area (Å²) in [5.41, 5.74) is 7.72. The van der Waals surface area contributed by atoms with Gasteiger partial charge in [0, 0.05) is 6.20 Å². The predicted octanol–water partition coefficient (Wildman–Crippen LogP) is 2.09. The summed E-state index contributed by atoms with van der Waals surface area (Å²) in [5.74, 6) is 0.0507. The van der Waals surface area contributed by atoms with Crippen LogP contribution in [0.1, 0.15) is 25.1 Å². The number of rotatable bonds is 6. The molecule has 0 saturated heterocycles. The zero-order valence-electron chi connectivity index (χ0n) is 12.0. The number of hydrogen-bond acceptors (Lipinski definition) is 7. The first kappa shape index (κ1) is 15.7. The van der Waals surface area contributed by atoms with E-state index >= 15 is 0 Å². The van der Waals surface area contributed by atoms with Gasteiger partial charge in [0.2, 0.25) is 0 Å². The summed E-state index contributed by atoms with van der Waals surface area (Å²) in [4.78, 5) is 4.43. The molecule has 0 aromatic carbocycles. The van der Waals surface area contributed by atoms with Gasteiger partial charge < -0.3 is 11.1 Å². The van der Waals surface area contributed by atoms with Crippen LogP contribution in [0.3, 0.4) is 0 Å². The largest absolute Gasteiger partial charge is 0.382 e. The van der Waals surface area contributed by atoms with Crippen LogP contribution in [0, 0.1) is 0 Å². The summed E-state index contributed by atoms with van der Waals surface area (Å²) in [6.07, 6.45) is 2.59. The van der Waals surface area contributed by atoms with Gasteiger partial charge in [-0.2, -0.15) is 4.37 Å². The minimum atomic E-state index is -3.40. The van der Waals surface area contributed by atoms with Crippen LogP contribution in [0.25, 0.3) is 0 Å². The van der Waals surface area contributed by atoms with Crippen LogP contribution in [-0.2, 0) is 22.8 Å². The van der Waals surface area contributed by atoms with Gasteiger partial charge in [-0.1, -0.05) is 19.9 Å². The zero-order chi connectivity index (χ0) is 15.5. The monoisotopic (exact) mass is 326 g/mol. The normalized spacial score (nSPS) is 11.5. The maximum absolute atomic E-state index is 12.1. The molecular formula is C13H18N4O2S2. The highest BCUT2D eigenvalue weighted by Gasteiger charge is 2.23. The summed E-state index contributed by atoms with van der Waals surface area (Å²) < 4.78 is 28.1. The molecule has 21 heavy (non-hydrogen) atoms. The van der Waals surface area contributed by atoms with E-state index in [4.69, 9.17) is 5.73 Å². The molecule has 0 unspecified atom stereocenters. The first-order chi connectivity index (χ1) is 9.99. The van der Waals surface area contributed by atoms with Gasteiger partial charge in [-0.05, 0) is 29.6 Å². The molecule has 0 bridgehead atoms. The Morgan fingerprint density at radius 3 is 2.81 bits per heavy atom. The van der Waals surface area contributed by atoms with Crippen LogP contribution in [0.2, 0.25) is 0 Å². The van der Waals surface area contributed by atoms with Gasteiger partial charge in [0.05, 0.1) is 18.0 Å². The highest BCUT2D eigenvalue weighted by atomic mass is 32.2. The SMILES string of the molecule is CCc1cccnc1CNc1snc(N)c1S(=O)(=O)CC. The number of nitrogens with zero attached hydrogens (tertiary/aromatic N) is 2. The molecule has 0 atom stereocenters. The van der Waals surface area contributed by atoms with E-state index in [0.29, 0.717) is 11.5 Å². The van der Waals surface area contributed by atoms with Crippen molar-refractivity contribution in [2.75, 3.05) is 16.8 Å². The number of nitrogen functional groups attached to an aromatic ring is 1. The molecule has 2 aromatic rings. The van der Waals surface area contributed by atoms with Crippen LogP contribution in [0.4, 0.5) is 10.8 Å². The Labute approximate surface area is 128 Å². The molecule has 0 aliphatic rings. The molecule has 0 saturated carbocycles. The van der Waals surface area contributed by atoms with Gasteiger partial charge in [0.15, 0.2) is 15.7 Å². The van der Waals surface area contributed by atoms with E-state index in [1.807, 2.05) is 12.1 Å². The maximum atomic E-state index is 12.1. The topological polar surface area (TPSA) is 98.0 Å². The number of aromatic nitrogens is 2. The smallest absolute Gasteiger partial charge is 0.184 e. The number of pyridine rings is 1. The number of nitrogens with two attached hydrogens (primary N) is 1. The van der Waals surface area contributed by atoms with Gasteiger partial charge in [-0.25, -0.2) is 8.42 Å². The quantitative estimate of drug-likeness (QED) is 0.843. The lowest BCUT2D eigenvalue weighted by atomic mass is 10.1. The third kappa shape index (κ3) is 3.33. The van der Waals surface area contributed by atoms with Crippen LogP contribution >= 0.6 is 11.5 Å². The summed E-state index contributed by atoms with van der Waals surface area (Å²) in [6.45, 7) is 4.08. The average molecular weight is 326 g/mol. The molecule has 0 aliphatic carbocycles. The van der Waals surface area contributed by atoms with Crippen molar-refractivity contribution in [1.82, 2.24) is 9.36 Å². The van der Waals surface area contributed by atoms with Crippen molar-refractivity contribution in [1.29, 1.82) is 0 Å². The summed E-state index contributed by atoms with van der Waals surface area (Å²) >= 11 is 1.06. The van der Waals surface area contributed by atoms with E-state index in [9.17, 15) is 8.42 Å². The second kappa shape index (κ2) is 6.40. The molecule has 0 spiro atoms.